The summed E-state index contributed by atoms with van der Waals surface area (Å²) in [6, 6.07) is 7.48. The highest BCUT2D eigenvalue weighted by Gasteiger charge is 2.40. The van der Waals surface area contributed by atoms with Crippen LogP contribution in [-0.4, -0.2) is 17.9 Å². The number of carbonyl (C=O) groups excluding carboxylic acids is 2. The highest BCUT2D eigenvalue weighted by atomic mass is 35.5. The van der Waals surface area contributed by atoms with Crippen LogP contribution in [0.15, 0.2) is 46.8 Å². The molecule has 0 aromatic heterocycles. The Labute approximate surface area is 171 Å². The molecule has 1 heterocycles. The molecule has 1 aliphatic heterocycles. The van der Waals surface area contributed by atoms with E-state index in [2.05, 4.69) is 5.32 Å². The standard InChI is InChI=1S/C23H26ClNO3/c1-14-20(23(27)28-15-8-3-2-4-9-15)21(16-10-5-6-11-17(16)24)22-18(25-14)12-7-13-19(22)26/h5-6,10-11,15,21,25H,2-4,7-9,12-13H2,1H3. The third-order valence-corrected chi connectivity index (χ3v) is 6.38. The van der Waals surface area contributed by atoms with Crippen molar-refractivity contribution in [1.82, 2.24) is 5.32 Å². The van der Waals surface area contributed by atoms with E-state index in [1.807, 2.05) is 31.2 Å². The second kappa shape index (κ2) is 8.12. The zero-order chi connectivity index (χ0) is 19.7. The number of ether oxygens (including phenoxy) is 1. The minimum absolute atomic E-state index is 0.0362. The molecule has 28 heavy (non-hydrogen) atoms. The Morgan fingerprint density at radius 2 is 1.86 bits per heavy atom. The first-order valence-corrected chi connectivity index (χ1v) is 10.6. The van der Waals surface area contributed by atoms with Gasteiger partial charge in [0.2, 0.25) is 0 Å². The van der Waals surface area contributed by atoms with Gasteiger partial charge in [-0.25, -0.2) is 4.79 Å². The highest BCUT2D eigenvalue weighted by molar-refractivity contribution is 6.31. The number of esters is 1. The molecule has 0 spiro atoms. The van der Waals surface area contributed by atoms with Gasteiger partial charge in [-0.1, -0.05) is 36.2 Å². The van der Waals surface area contributed by atoms with E-state index in [0.29, 0.717) is 22.6 Å². The zero-order valence-corrected chi connectivity index (χ0v) is 17.0. The van der Waals surface area contributed by atoms with Crippen LogP contribution < -0.4 is 5.32 Å². The molecule has 0 saturated heterocycles. The number of nitrogens with one attached hydrogen (secondary N) is 1. The van der Waals surface area contributed by atoms with Gasteiger partial charge in [0.1, 0.15) is 6.10 Å². The fraction of sp³-hybridized carbons (Fsp3) is 0.478. The van der Waals surface area contributed by atoms with Crippen LogP contribution in [0, 0.1) is 0 Å². The molecular weight excluding hydrogens is 374 g/mol. The predicted molar refractivity (Wildman–Crippen MR) is 109 cm³/mol. The topological polar surface area (TPSA) is 55.4 Å². The predicted octanol–water partition coefficient (Wildman–Crippen LogP) is 5.18. The van der Waals surface area contributed by atoms with Gasteiger partial charge in [-0.3, -0.25) is 4.79 Å². The number of rotatable bonds is 3. The number of carbonyl (C=O) groups is 2. The number of dihydropyridines is 1. The van der Waals surface area contributed by atoms with Crippen LogP contribution in [0.5, 0.6) is 0 Å². The summed E-state index contributed by atoms with van der Waals surface area (Å²) in [5, 5.41) is 3.90. The lowest BCUT2D eigenvalue weighted by atomic mass is 9.75. The maximum atomic E-state index is 13.3. The summed E-state index contributed by atoms with van der Waals surface area (Å²) in [6.07, 6.45) is 7.32. The Morgan fingerprint density at radius 3 is 2.61 bits per heavy atom. The number of benzene rings is 1. The van der Waals surface area contributed by atoms with Gasteiger partial charge in [0, 0.05) is 34.3 Å². The van der Waals surface area contributed by atoms with Crippen molar-refractivity contribution in [3.63, 3.8) is 0 Å². The van der Waals surface area contributed by atoms with Crippen molar-refractivity contribution < 1.29 is 14.3 Å². The molecule has 1 aromatic carbocycles. The van der Waals surface area contributed by atoms with Gasteiger partial charge < -0.3 is 10.1 Å². The maximum Gasteiger partial charge on any atom is 0.337 e. The summed E-state index contributed by atoms with van der Waals surface area (Å²) >= 11 is 6.52. The second-order valence-corrected chi connectivity index (χ2v) is 8.36. The molecule has 1 fully saturated rings. The van der Waals surface area contributed by atoms with Gasteiger partial charge in [-0.05, 0) is 57.1 Å². The number of hydrogen-bond donors (Lipinski definition) is 1. The van der Waals surface area contributed by atoms with Crippen molar-refractivity contribution in [3.8, 4) is 0 Å². The van der Waals surface area contributed by atoms with Crippen molar-refractivity contribution in [2.75, 3.05) is 0 Å². The Balaban J connectivity index is 1.75. The molecule has 1 aromatic rings. The fourth-order valence-electron chi connectivity index (χ4n) is 4.67. The monoisotopic (exact) mass is 399 g/mol. The molecule has 1 N–H and O–H groups in total. The Kier molecular flexibility index (Phi) is 5.58. The van der Waals surface area contributed by atoms with E-state index in [9.17, 15) is 9.59 Å². The number of Topliss-reactive ketones (excluding diaryl/α,β-unsaturated/α-hetero) is 1. The Hall–Kier alpha value is -2.07. The maximum absolute atomic E-state index is 13.3. The van der Waals surface area contributed by atoms with Gasteiger partial charge >= 0.3 is 5.97 Å². The summed E-state index contributed by atoms with van der Waals surface area (Å²) in [7, 11) is 0. The van der Waals surface area contributed by atoms with Crippen LogP contribution >= 0.6 is 11.6 Å². The molecule has 0 radical (unpaired) electrons. The summed E-state index contributed by atoms with van der Waals surface area (Å²) in [4.78, 5) is 26.1. The van der Waals surface area contributed by atoms with E-state index in [-0.39, 0.29) is 17.9 Å². The van der Waals surface area contributed by atoms with Crippen LogP contribution in [0.4, 0.5) is 0 Å². The molecule has 2 aliphatic carbocycles. The first kappa shape index (κ1) is 19.3. The van der Waals surface area contributed by atoms with Crippen molar-refractivity contribution >= 4 is 23.4 Å². The van der Waals surface area contributed by atoms with Crippen LogP contribution in [0.25, 0.3) is 0 Å². The van der Waals surface area contributed by atoms with E-state index in [4.69, 9.17) is 16.3 Å². The van der Waals surface area contributed by atoms with Crippen molar-refractivity contribution in [2.24, 2.45) is 0 Å². The molecule has 0 bridgehead atoms. The average Bonchev–Trinajstić information content (AvgIpc) is 2.68. The molecule has 1 unspecified atom stereocenters. The smallest absolute Gasteiger partial charge is 0.337 e. The normalized spacial score (nSPS) is 23.4. The number of halogens is 1. The molecule has 4 nitrogen and oxygen atoms in total. The van der Waals surface area contributed by atoms with Gasteiger partial charge in [0.05, 0.1) is 5.57 Å². The second-order valence-electron chi connectivity index (χ2n) is 7.95. The minimum Gasteiger partial charge on any atom is -0.459 e. The lowest BCUT2D eigenvalue weighted by Crippen LogP contribution is -2.35. The summed E-state index contributed by atoms with van der Waals surface area (Å²) in [6.45, 7) is 1.89. The first-order chi connectivity index (χ1) is 13.6. The van der Waals surface area contributed by atoms with E-state index in [0.717, 1.165) is 55.5 Å². The summed E-state index contributed by atoms with van der Waals surface area (Å²) in [5.74, 6) is -0.699. The number of hydrogen-bond acceptors (Lipinski definition) is 4. The van der Waals surface area contributed by atoms with Gasteiger partial charge in [0.25, 0.3) is 0 Å². The quantitative estimate of drug-likeness (QED) is 0.711. The molecule has 1 atom stereocenters. The third-order valence-electron chi connectivity index (χ3n) is 6.04. The molecule has 4 rings (SSSR count). The first-order valence-electron chi connectivity index (χ1n) is 10.3. The fourth-order valence-corrected chi connectivity index (χ4v) is 4.92. The van der Waals surface area contributed by atoms with E-state index < -0.39 is 5.92 Å². The average molecular weight is 400 g/mol. The lowest BCUT2D eigenvalue weighted by Gasteiger charge is -2.35. The molecule has 148 valence electrons. The molecular formula is C23H26ClNO3. The van der Waals surface area contributed by atoms with Gasteiger partial charge in [0.15, 0.2) is 5.78 Å². The zero-order valence-electron chi connectivity index (χ0n) is 16.2. The van der Waals surface area contributed by atoms with Crippen LogP contribution in [0.3, 0.4) is 0 Å². The summed E-state index contributed by atoms with van der Waals surface area (Å²) in [5.41, 5.74) is 3.68. The van der Waals surface area contributed by atoms with E-state index >= 15 is 0 Å². The Morgan fingerprint density at radius 1 is 1.11 bits per heavy atom. The molecule has 0 amide bonds. The third kappa shape index (κ3) is 3.62. The highest BCUT2D eigenvalue weighted by Crippen LogP contribution is 2.44. The number of ketones is 1. The molecule has 3 aliphatic rings. The Bertz CT molecular complexity index is 864. The van der Waals surface area contributed by atoms with Crippen molar-refractivity contribution in [3.05, 3.63) is 57.4 Å². The lowest BCUT2D eigenvalue weighted by molar-refractivity contribution is -0.146. The number of allylic oxidation sites excluding steroid dienone is 3. The summed E-state index contributed by atoms with van der Waals surface area (Å²) < 4.78 is 5.89. The largest absolute Gasteiger partial charge is 0.459 e. The van der Waals surface area contributed by atoms with Gasteiger partial charge in [-0.2, -0.15) is 0 Å². The van der Waals surface area contributed by atoms with Crippen LogP contribution in [-0.2, 0) is 14.3 Å². The van der Waals surface area contributed by atoms with Crippen molar-refractivity contribution in [2.45, 2.75) is 70.3 Å². The molecule has 5 heteroatoms. The van der Waals surface area contributed by atoms with Crippen LogP contribution in [0.2, 0.25) is 5.02 Å². The van der Waals surface area contributed by atoms with Crippen molar-refractivity contribution in [1.29, 1.82) is 0 Å². The van der Waals surface area contributed by atoms with Gasteiger partial charge in [-0.15, -0.1) is 0 Å². The van der Waals surface area contributed by atoms with E-state index in [1.165, 1.54) is 6.42 Å². The van der Waals surface area contributed by atoms with E-state index in [1.54, 1.807) is 0 Å². The SMILES string of the molecule is CC1=C(C(=O)OC2CCCCC2)C(c2ccccc2Cl)C2=C(CCCC2=O)N1. The minimum atomic E-state index is -0.464. The van der Waals surface area contributed by atoms with Crippen LogP contribution in [0.1, 0.15) is 69.8 Å². The molecule has 1 saturated carbocycles.